The van der Waals surface area contributed by atoms with Gasteiger partial charge in [0.05, 0.1) is 10.9 Å². The van der Waals surface area contributed by atoms with Crippen molar-refractivity contribution in [1.82, 2.24) is 4.90 Å². The van der Waals surface area contributed by atoms with E-state index in [1.807, 2.05) is 41.3 Å². The molecule has 10 heteroatoms. The Morgan fingerprint density at radius 3 is 2.29 bits per heavy atom. The summed E-state index contributed by atoms with van der Waals surface area (Å²) in [4.78, 5) is 17.5. The summed E-state index contributed by atoms with van der Waals surface area (Å²) in [5.74, 6) is -0.781. The highest BCUT2D eigenvalue weighted by Crippen LogP contribution is 2.44. The second-order valence-corrected chi connectivity index (χ2v) is 11.5. The van der Waals surface area contributed by atoms with E-state index < -0.39 is 40.4 Å². The van der Waals surface area contributed by atoms with Gasteiger partial charge in [0.15, 0.2) is 15.4 Å². The van der Waals surface area contributed by atoms with Crippen LogP contribution in [0.2, 0.25) is 0 Å². The number of benzene rings is 2. The normalized spacial score (nSPS) is 26.0. The molecule has 1 aliphatic carbocycles. The molecule has 35 heavy (non-hydrogen) atoms. The maximum atomic E-state index is 13.5. The molecule has 1 N–H and O–H groups in total. The number of nitrogens with zero attached hydrogens (tertiary/aromatic N) is 2. The van der Waals surface area contributed by atoms with Crippen LogP contribution in [0.3, 0.4) is 0 Å². The average molecular weight is 511 g/mol. The SMILES string of the molecule is CS(=O)(=O)c1cccc(N2CCN(C(=O)C3CCC(O)(C(F)(F)F)CC3)[C@H](c3ccccc3)C2)c1. The molecule has 0 bridgehead atoms. The molecule has 190 valence electrons. The van der Waals surface area contributed by atoms with E-state index in [4.69, 9.17) is 0 Å². The van der Waals surface area contributed by atoms with Crippen LogP contribution in [0.15, 0.2) is 59.5 Å². The fourth-order valence-corrected chi connectivity index (χ4v) is 5.67. The van der Waals surface area contributed by atoms with E-state index in [0.29, 0.717) is 19.6 Å². The van der Waals surface area contributed by atoms with Gasteiger partial charge in [0, 0.05) is 37.5 Å². The van der Waals surface area contributed by atoms with Crippen LogP contribution in [0, 0.1) is 5.92 Å². The predicted octanol–water partition coefficient (Wildman–Crippen LogP) is 3.96. The lowest BCUT2D eigenvalue weighted by molar-refractivity contribution is -0.271. The molecule has 2 aromatic carbocycles. The first kappa shape index (κ1) is 25.5. The zero-order valence-corrected chi connectivity index (χ0v) is 20.2. The van der Waals surface area contributed by atoms with Crippen molar-refractivity contribution in [3.8, 4) is 0 Å². The molecule has 2 fully saturated rings. The number of alkyl halides is 3. The van der Waals surface area contributed by atoms with Crippen LogP contribution < -0.4 is 4.90 Å². The molecule has 6 nitrogen and oxygen atoms in total. The minimum atomic E-state index is -4.71. The number of sulfone groups is 1. The van der Waals surface area contributed by atoms with Gasteiger partial charge < -0.3 is 14.9 Å². The van der Waals surface area contributed by atoms with Crippen molar-refractivity contribution < 1.29 is 31.5 Å². The van der Waals surface area contributed by atoms with Crippen LogP contribution >= 0.6 is 0 Å². The Bertz CT molecular complexity index is 1160. The van der Waals surface area contributed by atoms with E-state index in [-0.39, 0.29) is 29.7 Å². The lowest BCUT2D eigenvalue weighted by Crippen LogP contribution is -2.54. The number of amides is 1. The van der Waals surface area contributed by atoms with Crippen molar-refractivity contribution in [3.63, 3.8) is 0 Å². The van der Waals surface area contributed by atoms with E-state index >= 15 is 0 Å². The van der Waals surface area contributed by atoms with Gasteiger partial charge in [0.2, 0.25) is 5.91 Å². The van der Waals surface area contributed by atoms with Gasteiger partial charge in [0.1, 0.15) is 0 Å². The second-order valence-electron chi connectivity index (χ2n) is 9.48. The van der Waals surface area contributed by atoms with Crippen molar-refractivity contribution in [2.24, 2.45) is 5.92 Å². The van der Waals surface area contributed by atoms with Crippen molar-refractivity contribution in [2.75, 3.05) is 30.8 Å². The Morgan fingerprint density at radius 2 is 1.69 bits per heavy atom. The Kier molecular flexibility index (Phi) is 6.89. The molecule has 1 saturated carbocycles. The summed E-state index contributed by atoms with van der Waals surface area (Å²) >= 11 is 0. The quantitative estimate of drug-likeness (QED) is 0.674. The van der Waals surface area contributed by atoms with Crippen molar-refractivity contribution in [1.29, 1.82) is 0 Å². The topological polar surface area (TPSA) is 77.9 Å². The van der Waals surface area contributed by atoms with Gasteiger partial charge in [-0.05, 0) is 49.4 Å². The minimum Gasteiger partial charge on any atom is -0.380 e. The summed E-state index contributed by atoms with van der Waals surface area (Å²) in [6.45, 7) is 1.23. The molecule has 1 aliphatic heterocycles. The summed E-state index contributed by atoms with van der Waals surface area (Å²) in [5, 5.41) is 9.99. The van der Waals surface area contributed by atoms with Gasteiger partial charge in [0.25, 0.3) is 0 Å². The van der Waals surface area contributed by atoms with E-state index in [9.17, 15) is 31.5 Å². The first-order chi connectivity index (χ1) is 16.4. The van der Waals surface area contributed by atoms with E-state index in [2.05, 4.69) is 0 Å². The maximum Gasteiger partial charge on any atom is 0.417 e. The maximum absolute atomic E-state index is 13.5. The Labute approximate surface area is 203 Å². The van der Waals surface area contributed by atoms with Crippen LogP contribution in [0.25, 0.3) is 0 Å². The smallest absolute Gasteiger partial charge is 0.380 e. The molecule has 0 spiro atoms. The molecule has 0 aromatic heterocycles. The third kappa shape index (κ3) is 5.33. The zero-order valence-electron chi connectivity index (χ0n) is 19.4. The molecular formula is C25H29F3N2O4S. The van der Waals surface area contributed by atoms with E-state index in [0.717, 1.165) is 17.5 Å². The minimum absolute atomic E-state index is 0.0209. The lowest BCUT2D eigenvalue weighted by Gasteiger charge is -2.45. The van der Waals surface area contributed by atoms with Crippen LogP contribution in [0.1, 0.15) is 37.3 Å². The van der Waals surface area contributed by atoms with Gasteiger partial charge in [-0.15, -0.1) is 0 Å². The highest BCUT2D eigenvalue weighted by atomic mass is 32.2. The second kappa shape index (κ2) is 9.46. The largest absolute Gasteiger partial charge is 0.417 e. The van der Waals surface area contributed by atoms with Crippen LogP contribution in [0.4, 0.5) is 18.9 Å². The summed E-state index contributed by atoms with van der Waals surface area (Å²) in [5.41, 5.74) is -1.10. The molecule has 4 rings (SSSR count). The molecule has 1 atom stereocenters. The van der Waals surface area contributed by atoms with Crippen LogP contribution in [0.5, 0.6) is 0 Å². The number of carbonyl (C=O) groups excluding carboxylic acids is 1. The third-order valence-electron chi connectivity index (χ3n) is 7.15. The fraction of sp³-hybridized carbons (Fsp3) is 0.480. The predicted molar refractivity (Wildman–Crippen MR) is 126 cm³/mol. The molecule has 1 heterocycles. The standard InChI is InChI=1S/C25H29F3N2O4S/c1-35(33,34)21-9-5-8-20(16-21)29-14-15-30(22(17-29)18-6-3-2-4-7-18)23(31)19-10-12-24(32,13-11-19)25(26,27)28/h2-9,16,19,22,32H,10-15,17H2,1H3/t19?,22-,24?/m0/s1. The molecule has 1 amide bonds. The van der Waals surface area contributed by atoms with Crippen molar-refractivity contribution in [2.45, 2.75) is 48.4 Å². The average Bonchev–Trinajstić information content (AvgIpc) is 2.83. The Morgan fingerprint density at radius 1 is 1.03 bits per heavy atom. The number of halogens is 3. The molecular weight excluding hydrogens is 481 g/mol. The first-order valence-corrected chi connectivity index (χ1v) is 13.5. The Hall–Kier alpha value is -2.59. The zero-order chi connectivity index (χ0) is 25.4. The highest BCUT2D eigenvalue weighted by molar-refractivity contribution is 7.90. The summed E-state index contributed by atoms with van der Waals surface area (Å²) in [7, 11) is -3.38. The van der Waals surface area contributed by atoms with E-state index in [1.54, 1.807) is 23.1 Å². The van der Waals surface area contributed by atoms with Crippen LogP contribution in [-0.4, -0.2) is 62.0 Å². The summed E-state index contributed by atoms with van der Waals surface area (Å²) < 4.78 is 63.7. The van der Waals surface area contributed by atoms with Crippen LogP contribution in [-0.2, 0) is 14.6 Å². The molecule has 0 unspecified atom stereocenters. The number of hydrogen-bond donors (Lipinski definition) is 1. The Balaban J connectivity index is 1.56. The number of hydrogen-bond acceptors (Lipinski definition) is 5. The van der Waals surface area contributed by atoms with Gasteiger partial charge in [-0.1, -0.05) is 36.4 Å². The number of aliphatic hydroxyl groups is 1. The van der Waals surface area contributed by atoms with Gasteiger partial charge >= 0.3 is 6.18 Å². The van der Waals surface area contributed by atoms with Gasteiger partial charge in [-0.3, -0.25) is 4.79 Å². The molecule has 2 aromatic rings. The number of piperazine rings is 1. The van der Waals surface area contributed by atoms with Gasteiger partial charge in [-0.25, -0.2) is 8.42 Å². The summed E-state index contributed by atoms with van der Waals surface area (Å²) in [6.07, 6.45) is -4.57. The molecule has 0 radical (unpaired) electrons. The van der Waals surface area contributed by atoms with Crippen molar-refractivity contribution in [3.05, 3.63) is 60.2 Å². The van der Waals surface area contributed by atoms with Crippen molar-refractivity contribution >= 4 is 21.4 Å². The molecule has 2 aliphatic rings. The number of rotatable bonds is 4. The third-order valence-corrected chi connectivity index (χ3v) is 8.26. The van der Waals surface area contributed by atoms with E-state index in [1.165, 1.54) is 0 Å². The highest BCUT2D eigenvalue weighted by Gasteiger charge is 2.55. The monoisotopic (exact) mass is 510 g/mol. The van der Waals surface area contributed by atoms with Gasteiger partial charge in [-0.2, -0.15) is 13.2 Å². The number of carbonyl (C=O) groups is 1. The fourth-order valence-electron chi connectivity index (χ4n) is 5.01. The lowest BCUT2D eigenvalue weighted by atomic mass is 9.77. The number of anilines is 1. The summed E-state index contributed by atoms with van der Waals surface area (Å²) in [6, 6.07) is 15.7. The first-order valence-electron chi connectivity index (χ1n) is 11.6. The molecule has 1 saturated heterocycles.